The number of imidazole rings is 1. The first-order chi connectivity index (χ1) is 10.8. The Labute approximate surface area is 128 Å². The molecule has 2 aromatic rings. The maximum atomic E-state index is 10.7. The maximum absolute atomic E-state index is 10.7. The standard InChI is InChI=1S/C10H14N5O7P/c11-8-5-9(13-2-12-8)15(3-14-5)10-7(17)6(16)4(22-10)1-21-23(18,19)20/h2-4,6-7,10,16-17H,1H2,(H2,11,12,13)(H2,18,19,20)/t4?,6?,7-,10?/m0/s1. The van der Waals surface area contributed by atoms with Gasteiger partial charge in [-0.3, -0.25) is 9.09 Å². The number of fused-ring (bicyclic) bond motifs is 1. The number of aromatic nitrogens is 4. The van der Waals surface area contributed by atoms with E-state index in [4.69, 9.17) is 20.3 Å². The average Bonchev–Trinajstić information content (AvgIpc) is 3.01. The van der Waals surface area contributed by atoms with Gasteiger partial charge in [-0.25, -0.2) is 19.5 Å². The van der Waals surface area contributed by atoms with E-state index in [-0.39, 0.29) is 11.5 Å². The first-order valence-electron chi connectivity index (χ1n) is 6.42. The Morgan fingerprint density at radius 2 is 2.04 bits per heavy atom. The third-order valence-corrected chi connectivity index (χ3v) is 3.89. The van der Waals surface area contributed by atoms with Gasteiger partial charge in [-0.2, -0.15) is 0 Å². The zero-order chi connectivity index (χ0) is 16.8. The van der Waals surface area contributed by atoms with Crippen molar-refractivity contribution in [3.05, 3.63) is 12.7 Å². The highest BCUT2D eigenvalue weighted by Crippen LogP contribution is 2.38. The number of aliphatic hydroxyl groups is 2. The normalized spacial score (nSPS) is 28.5. The monoisotopic (exact) mass is 347 g/mol. The molecular weight excluding hydrogens is 333 g/mol. The number of hydrogen-bond acceptors (Lipinski definition) is 9. The highest BCUT2D eigenvalue weighted by molar-refractivity contribution is 7.46. The fraction of sp³-hybridized carbons (Fsp3) is 0.500. The molecule has 126 valence electrons. The summed E-state index contributed by atoms with van der Waals surface area (Å²) in [5, 5.41) is 20.1. The third kappa shape index (κ3) is 3.05. The number of hydrogen-bond donors (Lipinski definition) is 5. The van der Waals surface area contributed by atoms with Crippen molar-refractivity contribution < 1.29 is 33.8 Å². The molecule has 0 spiro atoms. The van der Waals surface area contributed by atoms with E-state index < -0.39 is 39.0 Å². The lowest BCUT2D eigenvalue weighted by molar-refractivity contribution is -0.0504. The summed E-state index contributed by atoms with van der Waals surface area (Å²) in [7, 11) is -4.72. The minimum absolute atomic E-state index is 0.142. The second-order valence-electron chi connectivity index (χ2n) is 4.92. The van der Waals surface area contributed by atoms with Crippen molar-refractivity contribution in [2.45, 2.75) is 24.5 Å². The summed E-state index contributed by atoms with van der Waals surface area (Å²) in [6, 6.07) is 0. The Hall–Kier alpha value is -1.66. The Balaban J connectivity index is 1.85. The quantitative estimate of drug-likeness (QED) is 0.390. The van der Waals surface area contributed by atoms with Crippen LogP contribution in [0.5, 0.6) is 0 Å². The molecule has 0 bridgehead atoms. The predicted molar refractivity (Wildman–Crippen MR) is 73.7 cm³/mol. The minimum atomic E-state index is -4.72. The molecule has 3 unspecified atom stereocenters. The van der Waals surface area contributed by atoms with Gasteiger partial charge in [-0.1, -0.05) is 0 Å². The number of aliphatic hydroxyl groups excluding tert-OH is 2. The molecule has 2 aromatic heterocycles. The van der Waals surface area contributed by atoms with E-state index in [2.05, 4.69) is 19.5 Å². The summed E-state index contributed by atoms with van der Waals surface area (Å²) in [4.78, 5) is 29.2. The molecule has 4 atom stereocenters. The van der Waals surface area contributed by atoms with E-state index in [1.165, 1.54) is 17.2 Å². The van der Waals surface area contributed by atoms with Gasteiger partial charge in [0.2, 0.25) is 0 Å². The summed E-state index contributed by atoms with van der Waals surface area (Å²) in [5.74, 6) is 0.142. The Kier molecular flexibility index (Phi) is 4.06. The molecule has 1 aliphatic rings. The number of phosphoric ester groups is 1. The molecule has 1 saturated heterocycles. The fourth-order valence-corrected chi connectivity index (χ4v) is 2.66. The summed E-state index contributed by atoms with van der Waals surface area (Å²) in [5.41, 5.74) is 6.25. The number of rotatable bonds is 4. The number of ether oxygens (including phenoxy) is 1. The Morgan fingerprint density at radius 1 is 1.30 bits per heavy atom. The molecule has 12 nitrogen and oxygen atoms in total. The van der Waals surface area contributed by atoms with Crippen LogP contribution < -0.4 is 5.73 Å². The molecule has 1 aliphatic heterocycles. The van der Waals surface area contributed by atoms with Crippen LogP contribution in [0.15, 0.2) is 12.7 Å². The highest BCUT2D eigenvalue weighted by atomic mass is 31.2. The topological polar surface area (TPSA) is 186 Å². The van der Waals surface area contributed by atoms with Gasteiger partial charge in [0, 0.05) is 0 Å². The summed E-state index contributed by atoms with van der Waals surface area (Å²) >= 11 is 0. The van der Waals surface area contributed by atoms with Crippen molar-refractivity contribution in [1.29, 1.82) is 0 Å². The lowest BCUT2D eigenvalue weighted by Crippen LogP contribution is -2.33. The smallest absolute Gasteiger partial charge is 0.387 e. The number of nitrogens with two attached hydrogens (primary N) is 1. The largest absolute Gasteiger partial charge is 0.469 e. The number of anilines is 1. The second-order valence-corrected chi connectivity index (χ2v) is 6.15. The fourth-order valence-electron chi connectivity index (χ4n) is 2.32. The van der Waals surface area contributed by atoms with Gasteiger partial charge in [0.15, 0.2) is 17.7 Å². The molecule has 0 amide bonds. The number of phosphoric acid groups is 1. The molecule has 0 aliphatic carbocycles. The molecule has 1 fully saturated rings. The van der Waals surface area contributed by atoms with Crippen LogP contribution in [0.3, 0.4) is 0 Å². The lowest BCUT2D eigenvalue weighted by atomic mass is 10.1. The summed E-state index contributed by atoms with van der Waals surface area (Å²) in [6.45, 7) is -0.594. The van der Waals surface area contributed by atoms with Gasteiger partial charge >= 0.3 is 7.82 Å². The summed E-state index contributed by atoms with van der Waals surface area (Å²) < 4.78 is 21.8. The Morgan fingerprint density at radius 3 is 2.74 bits per heavy atom. The minimum Gasteiger partial charge on any atom is -0.387 e. The van der Waals surface area contributed by atoms with Gasteiger partial charge in [0.25, 0.3) is 0 Å². The van der Waals surface area contributed by atoms with Crippen LogP contribution in [0.1, 0.15) is 6.23 Å². The van der Waals surface area contributed by atoms with Crippen LogP contribution in [0, 0.1) is 0 Å². The first kappa shape index (κ1) is 16.2. The van der Waals surface area contributed by atoms with Crippen LogP contribution >= 0.6 is 7.82 Å². The second kappa shape index (κ2) is 5.76. The van der Waals surface area contributed by atoms with E-state index in [0.717, 1.165) is 0 Å². The summed E-state index contributed by atoms with van der Waals surface area (Å²) in [6.07, 6.45) is -2.49. The van der Waals surface area contributed by atoms with Crippen molar-refractivity contribution in [1.82, 2.24) is 19.5 Å². The van der Waals surface area contributed by atoms with Crippen molar-refractivity contribution in [3.8, 4) is 0 Å². The number of nitrogens with zero attached hydrogens (tertiary/aromatic N) is 4. The first-order valence-corrected chi connectivity index (χ1v) is 7.95. The van der Waals surface area contributed by atoms with E-state index in [0.29, 0.717) is 5.52 Å². The van der Waals surface area contributed by atoms with E-state index in [1.54, 1.807) is 0 Å². The highest BCUT2D eigenvalue weighted by Gasteiger charge is 2.45. The van der Waals surface area contributed by atoms with Gasteiger partial charge in [-0.05, 0) is 0 Å². The van der Waals surface area contributed by atoms with Gasteiger partial charge < -0.3 is 30.5 Å². The van der Waals surface area contributed by atoms with Gasteiger partial charge in [-0.15, -0.1) is 0 Å². The molecule has 0 saturated carbocycles. The van der Waals surface area contributed by atoms with Gasteiger partial charge in [0.05, 0.1) is 12.9 Å². The average molecular weight is 347 g/mol. The van der Waals surface area contributed by atoms with Crippen molar-refractivity contribution in [2.75, 3.05) is 12.3 Å². The Bertz CT molecular complexity index is 763. The van der Waals surface area contributed by atoms with Gasteiger partial charge in [0.1, 0.15) is 30.2 Å². The molecule has 3 heterocycles. The van der Waals surface area contributed by atoms with E-state index >= 15 is 0 Å². The molecule has 0 aromatic carbocycles. The van der Waals surface area contributed by atoms with Crippen LogP contribution in [0.25, 0.3) is 11.2 Å². The predicted octanol–water partition coefficient (Wildman–Crippen LogP) is -1.86. The van der Waals surface area contributed by atoms with Crippen molar-refractivity contribution in [3.63, 3.8) is 0 Å². The zero-order valence-electron chi connectivity index (χ0n) is 11.5. The van der Waals surface area contributed by atoms with Crippen molar-refractivity contribution in [2.24, 2.45) is 0 Å². The van der Waals surface area contributed by atoms with E-state index in [9.17, 15) is 14.8 Å². The number of nitrogen functional groups attached to an aromatic ring is 1. The molecular formula is C10H14N5O7P. The molecule has 13 heteroatoms. The zero-order valence-corrected chi connectivity index (χ0v) is 12.4. The van der Waals surface area contributed by atoms with Crippen LogP contribution in [-0.4, -0.2) is 64.4 Å². The molecule has 6 N–H and O–H groups in total. The lowest BCUT2D eigenvalue weighted by Gasteiger charge is -2.16. The van der Waals surface area contributed by atoms with Crippen molar-refractivity contribution >= 4 is 24.8 Å². The van der Waals surface area contributed by atoms with Crippen LogP contribution in [-0.2, 0) is 13.8 Å². The molecule has 3 rings (SSSR count). The van der Waals surface area contributed by atoms with Crippen LogP contribution in [0.4, 0.5) is 5.82 Å². The molecule has 23 heavy (non-hydrogen) atoms. The molecule has 0 radical (unpaired) electrons. The third-order valence-electron chi connectivity index (χ3n) is 3.41. The van der Waals surface area contributed by atoms with Crippen LogP contribution in [0.2, 0.25) is 0 Å². The van der Waals surface area contributed by atoms with E-state index in [1.807, 2.05) is 0 Å². The SMILES string of the molecule is Nc1ncnc2c1ncn2C1OC(COP(=O)(O)O)C(O)[C@@H]1O. The maximum Gasteiger partial charge on any atom is 0.469 e.